The molecular formula is C7H9F3O4S2. The van der Waals surface area contributed by atoms with Gasteiger partial charge in [-0.3, -0.25) is 4.79 Å². The van der Waals surface area contributed by atoms with E-state index in [1.807, 2.05) is 0 Å². The number of hydrogen-bond acceptors (Lipinski definition) is 5. The Balaban J connectivity index is 2.54. The third kappa shape index (κ3) is 3.36. The zero-order chi connectivity index (χ0) is 12.4. The number of alkyl halides is 3. The van der Waals surface area contributed by atoms with Gasteiger partial charge in [-0.15, -0.1) is 0 Å². The second kappa shape index (κ2) is 4.92. The van der Waals surface area contributed by atoms with Gasteiger partial charge in [0.1, 0.15) is 5.78 Å². The summed E-state index contributed by atoms with van der Waals surface area (Å²) in [6.45, 7) is 0. The first-order valence-electron chi connectivity index (χ1n) is 4.43. The van der Waals surface area contributed by atoms with Crippen LogP contribution in [0.15, 0.2) is 0 Å². The monoisotopic (exact) mass is 278 g/mol. The third-order valence-corrected chi connectivity index (χ3v) is 4.36. The van der Waals surface area contributed by atoms with Crippen LogP contribution < -0.4 is 0 Å². The fraction of sp³-hybridized carbons (Fsp3) is 0.857. The van der Waals surface area contributed by atoms with Gasteiger partial charge in [0.25, 0.3) is 0 Å². The molecule has 0 spiro atoms. The van der Waals surface area contributed by atoms with Crippen LogP contribution in [-0.4, -0.2) is 25.0 Å². The van der Waals surface area contributed by atoms with Gasteiger partial charge in [-0.2, -0.15) is 25.2 Å². The molecule has 0 aromatic carbocycles. The van der Waals surface area contributed by atoms with Crippen LogP contribution in [0, 0.1) is 0 Å². The first-order valence-corrected chi connectivity index (χ1v) is 6.64. The lowest BCUT2D eigenvalue weighted by Crippen LogP contribution is -2.27. The lowest BCUT2D eigenvalue weighted by molar-refractivity contribution is -0.119. The zero-order valence-corrected chi connectivity index (χ0v) is 9.62. The van der Waals surface area contributed by atoms with Gasteiger partial charge in [-0.1, -0.05) is 6.42 Å². The zero-order valence-electron chi connectivity index (χ0n) is 7.99. The average molecular weight is 278 g/mol. The highest BCUT2D eigenvalue weighted by Gasteiger charge is 2.48. The van der Waals surface area contributed by atoms with E-state index in [-0.39, 0.29) is 24.2 Å². The first kappa shape index (κ1) is 13.8. The topological polar surface area (TPSA) is 60.4 Å². The first-order chi connectivity index (χ1) is 7.24. The van der Waals surface area contributed by atoms with Crippen molar-refractivity contribution < 1.29 is 30.0 Å². The van der Waals surface area contributed by atoms with Crippen LogP contribution in [0.2, 0.25) is 0 Å². The number of rotatable bonds is 3. The van der Waals surface area contributed by atoms with Gasteiger partial charge in [-0.25, -0.2) is 0 Å². The second-order valence-corrected chi connectivity index (χ2v) is 5.94. The van der Waals surface area contributed by atoms with Gasteiger partial charge in [0.2, 0.25) is 0 Å². The molecule has 0 radical (unpaired) electrons. The lowest BCUT2D eigenvalue weighted by Gasteiger charge is -2.18. The van der Waals surface area contributed by atoms with E-state index in [0.717, 1.165) is 0 Å². The van der Waals surface area contributed by atoms with Crippen molar-refractivity contribution in [2.75, 3.05) is 0 Å². The SMILES string of the molecule is O=C1CCCCC1SOS(=O)(=O)C(F)(F)F. The van der Waals surface area contributed by atoms with E-state index < -0.39 is 20.9 Å². The average Bonchev–Trinajstić information content (AvgIpc) is 2.15. The Morgan fingerprint density at radius 2 is 1.94 bits per heavy atom. The summed E-state index contributed by atoms with van der Waals surface area (Å²) in [5.74, 6) is -0.270. The molecule has 1 saturated carbocycles. The van der Waals surface area contributed by atoms with E-state index in [4.69, 9.17) is 0 Å². The number of carbonyl (C=O) groups excluding carboxylic acids is 1. The van der Waals surface area contributed by atoms with Crippen molar-refractivity contribution in [2.24, 2.45) is 0 Å². The maximum absolute atomic E-state index is 11.9. The molecule has 1 atom stereocenters. The van der Waals surface area contributed by atoms with E-state index in [9.17, 15) is 26.4 Å². The van der Waals surface area contributed by atoms with Crippen molar-refractivity contribution >= 4 is 27.9 Å². The molecule has 0 amide bonds. The van der Waals surface area contributed by atoms with Gasteiger partial charge < -0.3 is 0 Å². The number of Topliss-reactive ketones (excluding diaryl/α,β-unsaturated/α-hetero) is 1. The fourth-order valence-electron chi connectivity index (χ4n) is 1.19. The van der Waals surface area contributed by atoms with Crippen molar-refractivity contribution in [1.29, 1.82) is 0 Å². The highest BCUT2D eigenvalue weighted by atomic mass is 32.3. The largest absolute Gasteiger partial charge is 0.524 e. The molecule has 0 heterocycles. The van der Waals surface area contributed by atoms with E-state index >= 15 is 0 Å². The Labute approximate surface area is 94.9 Å². The molecule has 0 bridgehead atoms. The molecule has 0 aliphatic heterocycles. The van der Waals surface area contributed by atoms with Gasteiger partial charge in [0, 0.05) is 18.5 Å². The summed E-state index contributed by atoms with van der Waals surface area (Å²) in [4.78, 5) is 11.2. The number of carbonyl (C=O) groups is 1. The standard InChI is InChI=1S/C7H9F3O4S2/c8-7(9,10)16(12,13)14-15-6-4-2-1-3-5(6)11/h6H,1-4H2. The van der Waals surface area contributed by atoms with Crippen LogP contribution in [-0.2, 0) is 18.5 Å². The molecule has 16 heavy (non-hydrogen) atoms. The van der Waals surface area contributed by atoms with E-state index in [1.54, 1.807) is 0 Å². The molecule has 0 saturated heterocycles. The van der Waals surface area contributed by atoms with E-state index in [2.05, 4.69) is 3.63 Å². The smallest absolute Gasteiger partial charge is 0.298 e. The molecule has 0 N–H and O–H groups in total. The van der Waals surface area contributed by atoms with Crippen LogP contribution in [0.1, 0.15) is 25.7 Å². The minimum Gasteiger partial charge on any atom is -0.298 e. The minimum atomic E-state index is -5.61. The number of ketones is 1. The fourth-order valence-corrected chi connectivity index (χ4v) is 2.78. The van der Waals surface area contributed by atoms with E-state index in [1.165, 1.54) is 0 Å². The Morgan fingerprint density at radius 1 is 1.31 bits per heavy atom. The van der Waals surface area contributed by atoms with Crippen molar-refractivity contribution in [3.63, 3.8) is 0 Å². The minimum absolute atomic E-state index is 0.0818. The van der Waals surface area contributed by atoms with Crippen LogP contribution in [0.4, 0.5) is 13.2 Å². The summed E-state index contributed by atoms with van der Waals surface area (Å²) < 4.78 is 60.4. The van der Waals surface area contributed by atoms with E-state index in [0.29, 0.717) is 19.3 Å². The van der Waals surface area contributed by atoms with Crippen LogP contribution >= 0.6 is 12.0 Å². The molecule has 94 valence electrons. The maximum atomic E-state index is 11.9. The van der Waals surface area contributed by atoms with Crippen LogP contribution in [0.25, 0.3) is 0 Å². The molecule has 4 nitrogen and oxygen atoms in total. The Bertz CT molecular complexity index is 362. The lowest BCUT2D eigenvalue weighted by atomic mass is 9.99. The molecule has 9 heteroatoms. The highest BCUT2D eigenvalue weighted by molar-refractivity contribution is 8.05. The van der Waals surface area contributed by atoms with Crippen molar-refractivity contribution in [3.05, 3.63) is 0 Å². The molecular weight excluding hydrogens is 269 g/mol. The quantitative estimate of drug-likeness (QED) is 0.584. The van der Waals surface area contributed by atoms with Crippen LogP contribution in [0.3, 0.4) is 0 Å². The van der Waals surface area contributed by atoms with Gasteiger partial charge >= 0.3 is 15.6 Å². The molecule has 1 fully saturated rings. The predicted molar refractivity (Wildman–Crippen MR) is 50.9 cm³/mol. The Kier molecular flexibility index (Phi) is 4.24. The summed E-state index contributed by atoms with van der Waals surface area (Å²) in [5.41, 5.74) is -5.45. The number of hydrogen-bond donors (Lipinski definition) is 0. The van der Waals surface area contributed by atoms with Gasteiger partial charge in [0.15, 0.2) is 0 Å². The van der Waals surface area contributed by atoms with Crippen molar-refractivity contribution in [3.8, 4) is 0 Å². The van der Waals surface area contributed by atoms with Crippen LogP contribution in [0.5, 0.6) is 0 Å². The van der Waals surface area contributed by atoms with Crippen molar-refractivity contribution in [2.45, 2.75) is 36.4 Å². The molecule has 0 aromatic heterocycles. The normalized spacial score (nSPS) is 23.4. The molecule has 1 aliphatic carbocycles. The summed E-state index contributed by atoms with van der Waals surface area (Å²) in [6.07, 6.45) is 1.96. The third-order valence-electron chi connectivity index (χ3n) is 2.03. The molecule has 0 aromatic rings. The van der Waals surface area contributed by atoms with Gasteiger partial charge in [0.05, 0.1) is 5.25 Å². The van der Waals surface area contributed by atoms with Crippen molar-refractivity contribution in [1.82, 2.24) is 0 Å². The molecule has 1 unspecified atom stereocenters. The highest BCUT2D eigenvalue weighted by Crippen LogP contribution is 2.33. The van der Waals surface area contributed by atoms with Gasteiger partial charge in [-0.05, 0) is 12.8 Å². The summed E-state index contributed by atoms with van der Waals surface area (Å²) >= 11 is 0.0818. The number of halogens is 3. The summed E-state index contributed by atoms with van der Waals surface area (Å²) in [7, 11) is -5.61. The Morgan fingerprint density at radius 3 is 2.44 bits per heavy atom. The summed E-state index contributed by atoms with van der Waals surface area (Å²) in [6, 6.07) is 0. The molecule has 1 aliphatic rings. The maximum Gasteiger partial charge on any atom is 0.524 e. The second-order valence-electron chi connectivity index (χ2n) is 3.26. The predicted octanol–water partition coefficient (Wildman–Crippen LogP) is 2.01. The Hall–Kier alpha value is -0.280. The molecule has 1 rings (SSSR count). The summed E-state index contributed by atoms with van der Waals surface area (Å²) in [5, 5.41) is -0.814.